The minimum atomic E-state index is -2.09. The van der Waals surface area contributed by atoms with Gasteiger partial charge in [-0.15, -0.1) is 0 Å². The Bertz CT molecular complexity index is 515. The van der Waals surface area contributed by atoms with Crippen LogP contribution in [0.25, 0.3) is 0 Å². The van der Waals surface area contributed by atoms with Crippen molar-refractivity contribution in [3.8, 4) is 0 Å². The minimum Gasteiger partial charge on any atom is -1.00 e. The summed E-state index contributed by atoms with van der Waals surface area (Å²) in [6, 6.07) is 10.7. The summed E-state index contributed by atoms with van der Waals surface area (Å²) in [6.45, 7) is 9.03. The topological polar surface area (TPSA) is 26.0 Å². The van der Waals surface area contributed by atoms with E-state index in [0.29, 0.717) is 5.92 Å². The Kier molecular flexibility index (Phi) is 13.7. The SMILES string of the molecule is CC1=C(C)C(C)[C]([Zr+2]([NH2])[c]2ccccc2)=C1C.[CH3][GeH2][CH3].[Cl-].[Cl-]. The normalized spacial score (nSPS) is 16.4. The summed E-state index contributed by atoms with van der Waals surface area (Å²) in [6.07, 6.45) is 0. The van der Waals surface area contributed by atoms with Crippen LogP contribution in [0.1, 0.15) is 27.7 Å². The van der Waals surface area contributed by atoms with E-state index in [-0.39, 0.29) is 40.2 Å². The fourth-order valence-corrected chi connectivity index (χ4v) is 7.83. The molecule has 2 rings (SSSR count). The Hall–Kier alpha value is 0.666. The summed E-state index contributed by atoms with van der Waals surface area (Å²) in [5, 5.41) is 0. The van der Waals surface area contributed by atoms with Gasteiger partial charge in [0.2, 0.25) is 0 Å². The van der Waals surface area contributed by atoms with Gasteiger partial charge in [-0.25, -0.2) is 0 Å². The van der Waals surface area contributed by atoms with E-state index in [1.54, 1.807) is 3.28 Å². The molecule has 0 fully saturated rings. The summed E-state index contributed by atoms with van der Waals surface area (Å²) >= 11 is -1.96. The van der Waals surface area contributed by atoms with Crippen LogP contribution in [0, 0.1) is 5.92 Å². The molecule has 0 heterocycles. The van der Waals surface area contributed by atoms with E-state index < -0.39 is 22.0 Å². The molecule has 1 aromatic carbocycles. The maximum atomic E-state index is 6.62. The van der Waals surface area contributed by atoms with Crippen LogP contribution in [0.4, 0.5) is 0 Å². The largest absolute Gasteiger partial charge is 1.00 e. The second-order valence-corrected chi connectivity index (χ2v) is 13.3. The molecule has 0 saturated heterocycles. The average molecular weight is 481 g/mol. The van der Waals surface area contributed by atoms with Gasteiger partial charge >= 0.3 is 140 Å². The Morgan fingerprint density at radius 1 is 0.955 bits per heavy atom. The van der Waals surface area contributed by atoms with E-state index in [1.165, 1.54) is 20.0 Å². The first-order chi connectivity index (χ1) is 9.45. The molecule has 0 amide bonds. The van der Waals surface area contributed by atoms with Gasteiger partial charge in [0, 0.05) is 0 Å². The number of benzene rings is 1. The van der Waals surface area contributed by atoms with Gasteiger partial charge in [0.05, 0.1) is 0 Å². The third kappa shape index (κ3) is 5.95. The molecule has 0 aromatic heterocycles. The summed E-state index contributed by atoms with van der Waals surface area (Å²) in [4.78, 5) is 0. The molecule has 0 saturated carbocycles. The summed E-state index contributed by atoms with van der Waals surface area (Å²) in [7, 11) is 0. The fraction of sp³-hybridized carbons (Fsp3) is 0.412. The molecule has 1 atom stereocenters. The molecule has 0 bridgehead atoms. The van der Waals surface area contributed by atoms with Crippen LogP contribution in [0.2, 0.25) is 11.5 Å². The van der Waals surface area contributed by atoms with Gasteiger partial charge in [-0.05, 0) is 0 Å². The quantitative estimate of drug-likeness (QED) is 0.459. The molecular formula is C17H28Cl2GeNZr. The summed E-state index contributed by atoms with van der Waals surface area (Å²) in [5.74, 6) is 5.19. The standard InChI is InChI=1S/C9H13.C6H5.C2H8Ge.2ClH.H2N.Zr/c1-6-5-7(2)9(4)8(6)3;1-2-4-6-5-3-1;1-3-2;;;;/h6H,1-4H3;1-5H;3H2,1-2H3;2*1H;1H2;/q;;;;;-1;+3/p-2. The molecule has 1 nitrogen and oxygen atoms in total. The predicted molar refractivity (Wildman–Crippen MR) is 90.8 cm³/mol. The smallest absolute Gasteiger partial charge is 1.00 e. The number of rotatable bonds is 2. The van der Waals surface area contributed by atoms with Crippen LogP contribution in [-0.2, 0) is 22.0 Å². The van der Waals surface area contributed by atoms with Crippen LogP contribution in [-0.4, -0.2) is 15.4 Å². The van der Waals surface area contributed by atoms with Gasteiger partial charge < -0.3 is 24.8 Å². The molecule has 1 aromatic rings. The van der Waals surface area contributed by atoms with Gasteiger partial charge in [0.1, 0.15) is 0 Å². The first-order valence-electron chi connectivity index (χ1n) is 7.52. The van der Waals surface area contributed by atoms with E-state index in [2.05, 4.69) is 69.5 Å². The van der Waals surface area contributed by atoms with Crippen molar-refractivity contribution in [3.63, 3.8) is 0 Å². The number of hydrogen-bond acceptors (Lipinski definition) is 1. The summed E-state index contributed by atoms with van der Waals surface area (Å²) in [5.41, 5.74) is 4.44. The Morgan fingerprint density at radius 3 is 1.77 bits per heavy atom. The van der Waals surface area contributed by atoms with Crippen molar-refractivity contribution in [2.24, 2.45) is 9.60 Å². The van der Waals surface area contributed by atoms with Crippen LogP contribution in [0.15, 0.2) is 50.3 Å². The average Bonchev–Trinajstić information content (AvgIpc) is 2.64. The Morgan fingerprint density at radius 2 is 1.41 bits per heavy atom. The zero-order valence-electron chi connectivity index (χ0n) is 14.5. The number of hydrogen-bond donors (Lipinski definition) is 1. The van der Waals surface area contributed by atoms with E-state index in [0.717, 1.165) is 0 Å². The zero-order chi connectivity index (χ0) is 15.3. The maximum absolute atomic E-state index is 6.62. The first kappa shape index (κ1) is 24.9. The van der Waals surface area contributed by atoms with Gasteiger partial charge in [0.15, 0.2) is 0 Å². The monoisotopic (exact) mass is 480 g/mol. The molecule has 2 N–H and O–H groups in total. The van der Waals surface area contributed by atoms with Crippen LogP contribution in [0.3, 0.4) is 0 Å². The van der Waals surface area contributed by atoms with E-state index in [9.17, 15) is 0 Å². The molecule has 1 aliphatic carbocycles. The van der Waals surface area contributed by atoms with Crippen LogP contribution in [0.5, 0.6) is 0 Å². The van der Waals surface area contributed by atoms with Gasteiger partial charge in [-0.2, -0.15) is 0 Å². The van der Waals surface area contributed by atoms with Gasteiger partial charge in [-0.3, -0.25) is 0 Å². The number of halogens is 2. The van der Waals surface area contributed by atoms with Crippen molar-refractivity contribution in [1.29, 1.82) is 0 Å². The Labute approximate surface area is 163 Å². The van der Waals surface area contributed by atoms with Crippen molar-refractivity contribution in [2.75, 3.05) is 0 Å². The van der Waals surface area contributed by atoms with Crippen molar-refractivity contribution in [2.45, 2.75) is 39.2 Å². The zero-order valence-corrected chi connectivity index (χ0v) is 21.4. The predicted octanol–water partition coefficient (Wildman–Crippen LogP) is -2.68. The van der Waals surface area contributed by atoms with Gasteiger partial charge in [-0.1, -0.05) is 0 Å². The van der Waals surface area contributed by atoms with Crippen LogP contribution >= 0.6 is 0 Å². The number of allylic oxidation sites excluding steroid dienone is 4. The molecule has 1 aliphatic rings. The maximum Gasteiger partial charge on any atom is -1.00 e. The van der Waals surface area contributed by atoms with Crippen molar-refractivity contribution < 1.29 is 46.9 Å². The Balaban J connectivity index is 0. The molecule has 0 radical (unpaired) electrons. The van der Waals surface area contributed by atoms with Crippen molar-refractivity contribution in [3.05, 3.63) is 50.3 Å². The molecule has 5 heteroatoms. The molecular weight excluding hydrogens is 453 g/mol. The fourth-order valence-electron chi connectivity index (χ4n) is 2.57. The summed E-state index contributed by atoms with van der Waals surface area (Å²) < 4.78 is 9.60. The molecule has 22 heavy (non-hydrogen) atoms. The second-order valence-electron chi connectivity index (χ2n) is 5.56. The first-order valence-corrected chi connectivity index (χ1v) is 17.3. The molecule has 0 aliphatic heterocycles. The second kappa shape index (κ2) is 12.1. The third-order valence-corrected chi connectivity index (χ3v) is 9.78. The number of nitrogens with two attached hydrogens (primary N) is 1. The minimum absolute atomic E-state index is 0. The van der Waals surface area contributed by atoms with Crippen LogP contribution < -0.4 is 31.8 Å². The van der Waals surface area contributed by atoms with Crippen molar-refractivity contribution in [1.82, 2.24) is 0 Å². The molecule has 1 unspecified atom stereocenters. The molecule has 123 valence electrons. The van der Waals surface area contributed by atoms with E-state index in [4.69, 9.17) is 3.68 Å². The third-order valence-electron chi connectivity index (χ3n) is 4.02. The van der Waals surface area contributed by atoms with E-state index in [1.807, 2.05) is 0 Å². The van der Waals surface area contributed by atoms with E-state index >= 15 is 0 Å². The molecule has 0 spiro atoms. The van der Waals surface area contributed by atoms with Crippen molar-refractivity contribution >= 4 is 18.7 Å². The van der Waals surface area contributed by atoms with Gasteiger partial charge in [0.25, 0.3) is 0 Å².